The number of nitrogens with zero attached hydrogens (tertiary/aromatic N) is 1. The standard InChI is InChI=1S/C10H10BrN3O/c11-5-4-10(15)13-8-2-1-3-9-7(8)6-12-14-9/h1-3,6H,4-5H2,(H,12,14)(H,13,15). The van der Waals surface area contributed by atoms with E-state index >= 15 is 0 Å². The molecule has 0 unspecified atom stereocenters. The number of benzene rings is 1. The number of hydrogen-bond acceptors (Lipinski definition) is 2. The number of nitrogens with one attached hydrogen (secondary N) is 2. The fraction of sp³-hybridized carbons (Fsp3) is 0.200. The van der Waals surface area contributed by atoms with E-state index in [1.54, 1.807) is 6.20 Å². The van der Waals surface area contributed by atoms with Gasteiger partial charge in [-0.25, -0.2) is 0 Å². The Morgan fingerprint density at radius 3 is 3.20 bits per heavy atom. The maximum atomic E-state index is 11.4. The summed E-state index contributed by atoms with van der Waals surface area (Å²) in [5, 5.41) is 11.2. The van der Waals surface area contributed by atoms with E-state index in [0.29, 0.717) is 11.8 Å². The number of rotatable bonds is 3. The smallest absolute Gasteiger partial charge is 0.225 e. The molecule has 0 spiro atoms. The van der Waals surface area contributed by atoms with Crippen molar-refractivity contribution in [3.8, 4) is 0 Å². The van der Waals surface area contributed by atoms with Crippen molar-refractivity contribution in [2.24, 2.45) is 0 Å². The van der Waals surface area contributed by atoms with Crippen LogP contribution in [0.2, 0.25) is 0 Å². The van der Waals surface area contributed by atoms with Crippen LogP contribution in [0, 0.1) is 0 Å². The van der Waals surface area contributed by atoms with E-state index < -0.39 is 0 Å². The van der Waals surface area contributed by atoms with E-state index in [0.717, 1.165) is 16.6 Å². The van der Waals surface area contributed by atoms with Crippen molar-refractivity contribution in [3.05, 3.63) is 24.4 Å². The maximum absolute atomic E-state index is 11.4. The van der Waals surface area contributed by atoms with E-state index in [2.05, 4.69) is 31.4 Å². The molecule has 0 bridgehead atoms. The summed E-state index contributed by atoms with van der Waals surface area (Å²) in [6, 6.07) is 5.66. The Bertz CT molecular complexity index is 480. The van der Waals surface area contributed by atoms with Gasteiger partial charge in [-0.3, -0.25) is 9.89 Å². The zero-order valence-electron chi connectivity index (χ0n) is 7.96. The van der Waals surface area contributed by atoms with Crippen LogP contribution in [0.1, 0.15) is 6.42 Å². The second kappa shape index (κ2) is 4.44. The number of carbonyl (C=O) groups excluding carboxylic acids is 1. The molecule has 2 N–H and O–H groups in total. The van der Waals surface area contributed by atoms with Gasteiger partial charge in [0.1, 0.15) is 0 Å². The fourth-order valence-electron chi connectivity index (χ4n) is 1.38. The molecule has 15 heavy (non-hydrogen) atoms. The normalized spacial score (nSPS) is 10.5. The number of carbonyl (C=O) groups is 1. The van der Waals surface area contributed by atoms with Crippen LogP contribution < -0.4 is 5.32 Å². The minimum absolute atomic E-state index is 0.000532. The first-order valence-corrected chi connectivity index (χ1v) is 5.71. The molecule has 1 aromatic carbocycles. The highest BCUT2D eigenvalue weighted by Crippen LogP contribution is 2.20. The van der Waals surface area contributed by atoms with Gasteiger partial charge in [0.05, 0.1) is 17.4 Å². The topological polar surface area (TPSA) is 57.8 Å². The first-order valence-electron chi connectivity index (χ1n) is 4.59. The molecule has 4 nitrogen and oxygen atoms in total. The van der Waals surface area contributed by atoms with Gasteiger partial charge in [-0.1, -0.05) is 22.0 Å². The van der Waals surface area contributed by atoms with Gasteiger partial charge in [0.25, 0.3) is 0 Å². The van der Waals surface area contributed by atoms with Crippen molar-refractivity contribution in [3.63, 3.8) is 0 Å². The average Bonchev–Trinajstić information content (AvgIpc) is 2.67. The van der Waals surface area contributed by atoms with Gasteiger partial charge in [0, 0.05) is 17.1 Å². The third-order valence-electron chi connectivity index (χ3n) is 2.08. The number of aromatic amines is 1. The molecule has 1 aromatic heterocycles. The van der Waals surface area contributed by atoms with Gasteiger partial charge in [-0.05, 0) is 12.1 Å². The summed E-state index contributed by atoms with van der Waals surface area (Å²) >= 11 is 3.23. The Labute approximate surface area is 95.2 Å². The van der Waals surface area contributed by atoms with E-state index in [1.807, 2.05) is 18.2 Å². The number of amides is 1. The molecular weight excluding hydrogens is 258 g/mol. The summed E-state index contributed by atoms with van der Waals surface area (Å²) in [5.41, 5.74) is 1.72. The van der Waals surface area contributed by atoms with Crippen molar-refractivity contribution in [2.75, 3.05) is 10.6 Å². The summed E-state index contributed by atoms with van der Waals surface area (Å²) in [7, 11) is 0. The first-order chi connectivity index (χ1) is 7.31. The minimum atomic E-state index is 0.000532. The van der Waals surface area contributed by atoms with Gasteiger partial charge in [-0.15, -0.1) is 0 Å². The Morgan fingerprint density at radius 2 is 2.40 bits per heavy atom. The van der Waals surface area contributed by atoms with Gasteiger partial charge in [0.2, 0.25) is 5.91 Å². The monoisotopic (exact) mass is 267 g/mol. The Balaban J connectivity index is 2.27. The second-order valence-corrected chi connectivity index (χ2v) is 3.92. The van der Waals surface area contributed by atoms with Crippen LogP contribution >= 0.6 is 15.9 Å². The minimum Gasteiger partial charge on any atom is -0.325 e. The summed E-state index contributed by atoms with van der Waals surface area (Å²) in [6.07, 6.45) is 2.17. The van der Waals surface area contributed by atoms with Gasteiger partial charge in [0.15, 0.2) is 0 Å². The summed E-state index contributed by atoms with van der Waals surface area (Å²) in [5.74, 6) is 0.000532. The first kappa shape index (κ1) is 10.2. The lowest BCUT2D eigenvalue weighted by Crippen LogP contribution is -2.11. The van der Waals surface area contributed by atoms with Crippen molar-refractivity contribution in [2.45, 2.75) is 6.42 Å². The zero-order valence-corrected chi connectivity index (χ0v) is 9.54. The molecule has 1 amide bonds. The molecule has 0 fully saturated rings. The van der Waals surface area contributed by atoms with Gasteiger partial charge in [-0.2, -0.15) is 5.10 Å². The number of fused-ring (bicyclic) bond motifs is 1. The molecule has 0 radical (unpaired) electrons. The maximum Gasteiger partial charge on any atom is 0.225 e. The van der Waals surface area contributed by atoms with Gasteiger partial charge < -0.3 is 5.32 Å². The number of anilines is 1. The molecule has 1 heterocycles. The SMILES string of the molecule is O=C(CCBr)Nc1cccc2[nH]ncc12. The highest BCUT2D eigenvalue weighted by Gasteiger charge is 2.05. The number of H-pyrrole nitrogens is 1. The molecule has 2 rings (SSSR count). The van der Waals surface area contributed by atoms with Crippen LogP contribution in [-0.2, 0) is 4.79 Å². The van der Waals surface area contributed by atoms with E-state index in [-0.39, 0.29) is 5.91 Å². The lowest BCUT2D eigenvalue weighted by Gasteiger charge is -2.04. The predicted octanol–water partition coefficient (Wildman–Crippen LogP) is 2.29. The molecule has 0 aliphatic heterocycles. The average molecular weight is 268 g/mol. The highest BCUT2D eigenvalue weighted by atomic mass is 79.9. The van der Waals surface area contributed by atoms with E-state index in [1.165, 1.54) is 0 Å². The van der Waals surface area contributed by atoms with E-state index in [4.69, 9.17) is 0 Å². The van der Waals surface area contributed by atoms with Crippen LogP contribution in [-0.4, -0.2) is 21.4 Å². The molecule has 0 aliphatic carbocycles. The van der Waals surface area contributed by atoms with Crippen molar-refractivity contribution < 1.29 is 4.79 Å². The number of halogens is 1. The van der Waals surface area contributed by atoms with Crippen LogP contribution in [0.5, 0.6) is 0 Å². The third kappa shape index (κ3) is 2.18. The molecular formula is C10H10BrN3O. The Morgan fingerprint density at radius 1 is 1.53 bits per heavy atom. The summed E-state index contributed by atoms with van der Waals surface area (Å²) in [4.78, 5) is 11.4. The molecule has 2 aromatic rings. The number of alkyl halides is 1. The van der Waals surface area contributed by atoms with Crippen LogP contribution in [0.4, 0.5) is 5.69 Å². The lowest BCUT2D eigenvalue weighted by molar-refractivity contribution is -0.115. The molecule has 78 valence electrons. The Kier molecular flexibility index (Phi) is 3.01. The molecule has 5 heteroatoms. The second-order valence-electron chi connectivity index (χ2n) is 3.12. The van der Waals surface area contributed by atoms with Crippen LogP contribution in [0.3, 0.4) is 0 Å². The number of aromatic nitrogens is 2. The van der Waals surface area contributed by atoms with Gasteiger partial charge >= 0.3 is 0 Å². The fourth-order valence-corrected chi connectivity index (χ4v) is 1.74. The van der Waals surface area contributed by atoms with Crippen molar-refractivity contribution in [1.82, 2.24) is 10.2 Å². The largest absolute Gasteiger partial charge is 0.325 e. The molecule has 0 saturated heterocycles. The number of hydrogen-bond donors (Lipinski definition) is 2. The predicted molar refractivity (Wildman–Crippen MR) is 63.1 cm³/mol. The van der Waals surface area contributed by atoms with Crippen molar-refractivity contribution in [1.29, 1.82) is 0 Å². The lowest BCUT2D eigenvalue weighted by atomic mass is 10.2. The van der Waals surface area contributed by atoms with Crippen LogP contribution in [0.15, 0.2) is 24.4 Å². The highest BCUT2D eigenvalue weighted by molar-refractivity contribution is 9.09. The molecule has 0 saturated carbocycles. The van der Waals surface area contributed by atoms with E-state index in [9.17, 15) is 4.79 Å². The molecule has 0 atom stereocenters. The third-order valence-corrected chi connectivity index (χ3v) is 2.48. The zero-order chi connectivity index (χ0) is 10.7. The summed E-state index contributed by atoms with van der Waals surface area (Å²) in [6.45, 7) is 0. The van der Waals surface area contributed by atoms with Crippen LogP contribution in [0.25, 0.3) is 10.9 Å². The summed E-state index contributed by atoms with van der Waals surface area (Å²) < 4.78 is 0. The quantitative estimate of drug-likeness (QED) is 0.839. The Hall–Kier alpha value is -1.36. The van der Waals surface area contributed by atoms with Crippen molar-refractivity contribution >= 4 is 38.4 Å². The molecule has 0 aliphatic rings.